The van der Waals surface area contributed by atoms with Crippen LogP contribution in [0, 0.1) is 0 Å². The number of carbonyl (C=O) groups is 1. The zero-order valence-electron chi connectivity index (χ0n) is 9.66. The molecule has 2 rings (SSSR count). The molecule has 1 amide bonds. The summed E-state index contributed by atoms with van der Waals surface area (Å²) in [6.45, 7) is 1.54. The third kappa shape index (κ3) is 2.69. The Hall–Kier alpha value is -0.280. The fourth-order valence-corrected chi connectivity index (χ4v) is 2.48. The Morgan fingerprint density at radius 2 is 2.12 bits per heavy atom. The highest BCUT2D eigenvalue weighted by atomic mass is 35.5. The normalized spacial score (nSPS) is 25.4. The van der Waals surface area contributed by atoms with E-state index in [-0.39, 0.29) is 12.0 Å². The predicted octanol–water partition coefficient (Wildman–Crippen LogP) is 2.18. The van der Waals surface area contributed by atoms with Crippen LogP contribution < -0.4 is 0 Å². The van der Waals surface area contributed by atoms with Crippen LogP contribution in [0.1, 0.15) is 38.5 Å². The molecule has 1 atom stereocenters. The van der Waals surface area contributed by atoms with Crippen molar-refractivity contribution in [2.24, 2.45) is 0 Å². The van der Waals surface area contributed by atoms with Crippen molar-refractivity contribution >= 4 is 17.5 Å². The van der Waals surface area contributed by atoms with Crippen molar-refractivity contribution in [2.45, 2.75) is 50.7 Å². The van der Waals surface area contributed by atoms with Crippen LogP contribution >= 0.6 is 11.6 Å². The first kappa shape index (κ1) is 12.2. The Morgan fingerprint density at radius 3 is 2.62 bits per heavy atom. The Balaban J connectivity index is 1.90. The number of alkyl halides is 1. The van der Waals surface area contributed by atoms with Gasteiger partial charge in [0, 0.05) is 25.1 Å². The van der Waals surface area contributed by atoms with E-state index in [1.54, 1.807) is 0 Å². The lowest BCUT2D eigenvalue weighted by atomic mass is 9.91. The van der Waals surface area contributed by atoms with Crippen LogP contribution in [0.2, 0.25) is 0 Å². The molecule has 1 aliphatic heterocycles. The van der Waals surface area contributed by atoms with Crippen molar-refractivity contribution < 1.29 is 9.53 Å². The molecule has 1 heterocycles. The van der Waals surface area contributed by atoms with Crippen molar-refractivity contribution in [3.05, 3.63) is 0 Å². The number of halogens is 1. The Bertz CT molecular complexity index is 237. The van der Waals surface area contributed by atoms with E-state index in [1.807, 2.05) is 4.90 Å². The van der Waals surface area contributed by atoms with Crippen LogP contribution in [-0.4, -0.2) is 42.0 Å². The molecule has 0 spiro atoms. The lowest BCUT2D eigenvalue weighted by molar-refractivity contribution is -0.145. The predicted molar refractivity (Wildman–Crippen MR) is 63.7 cm³/mol. The van der Waals surface area contributed by atoms with Gasteiger partial charge in [-0.05, 0) is 38.5 Å². The van der Waals surface area contributed by atoms with Crippen LogP contribution in [0.15, 0.2) is 0 Å². The number of hydrogen-bond donors (Lipinski definition) is 0. The van der Waals surface area contributed by atoms with E-state index in [1.165, 1.54) is 6.42 Å². The molecule has 0 N–H and O–H groups in total. The van der Waals surface area contributed by atoms with Gasteiger partial charge in [0.05, 0.1) is 0 Å². The second-order valence-electron chi connectivity index (χ2n) is 4.66. The van der Waals surface area contributed by atoms with E-state index < -0.39 is 0 Å². The van der Waals surface area contributed by atoms with Gasteiger partial charge in [0.2, 0.25) is 0 Å². The number of amides is 1. The number of nitrogens with zero attached hydrogens (tertiary/aromatic N) is 1. The van der Waals surface area contributed by atoms with Gasteiger partial charge in [-0.2, -0.15) is 0 Å². The summed E-state index contributed by atoms with van der Waals surface area (Å²) < 4.78 is 5.47. The smallest absolute Gasteiger partial charge is 0.251 e. The summed E-state index contributed by atoms with van der Waals surface area (Å²) in [6.07, 6.45) is 6.18. The molecular weight excluding hydrogens is 226 g/mol. The average molecular weight is 246 g/mol. The molecule has 1 saturated heterocycles. The third-order valence-electron chi connectivity index (χ3n) is 3.54. The zero-order valence-corrected chi connectivity index (χ0v) is 10.4. The first-order chi connectivity index (χ1) is 7.83. The molecule has 1 unspecified atom stereocenters. The number of ether oxygens (including phenoxy) is 1. The zero-order chi connectivity index (χ0) is 11.4. The Kier molecular flexibility index (Phi) is 4.47. The molecule has 16 heavy (non-hydrogen) atoms. The van der Waals surface area contributed by atoms with E-state index in [2.05, 4.69) is 0 Å². The minimum Gasteiger partial charge on any atom is -0.368 e. The molecular formula is C12H20ClNO2. The Morgan fingerprint density at radius 1 is 1.31 bits per heavy atom. The maximum absolute atomic E-state index is 12.2. The molecule has 0 aromatic heterocycles. The summed E-state index contributed by atoms with van der Waals surface area (Å²) in [5, 5.41) is 0. The molecule has 92 valence electrons. The monoisotopic (exact) mass is 245 g/mol. The lowest BCUT2D eigenvalue weighted by Gasteiger charge is -2.38. The van der Waals surface area contributed by atoms with Crippen LogP contribution in [0.25, 0.3) is 0 Å². The van der Waals surface area contributed by atoms with Gasteiger partial charge in [0.25, 0.3) is 5.91 Å². The summed E-state index contributed by atoms with van der Waals surface area (Å²) >= 11 is 5.71. The molecule has 0 bridgehead atoms. The van der Waals surface area contributed by atoms with Crippen LogP contribution in [0.5, 0.6) is 0 Å². The number of rotatable bonds is 5. The molecule has 0 aromatic carbocycles. The van der Waals surface area contributed by atoms with Gasteiger partial charge in [-0.15, -0.1) is 11.6 Å². The third-order valence-corrected chi connectivity index (χ3v) is 3.80. The van der Waals surface area contributed by atoms with Gasteiger partial charge in [0.15, 0.2) is 0 Å². The van der Waals surface area contributed by atoms with Crippen molar-refractivity contribution in [3.63, 3.8) is 0 Å². The van der Waals surface area contributed by atoms with Crippen LogP contribution in [-0.2, 0) is 9.53 Å². The van der Waals surface area contributed by atoms with Crippen LogP contribution in [0.3, 0.4) is 0 Å². The number of hydrogen-bond acceptors (Lipinski definition) is 2. The highest BCUT2D eigenvalue weighted by Gasteiger charge is 2.34. The SMILES string of the molecule is O=C(C1CCCO1)N(CCCCl)C1CCC1. The summed E-state index contributed by atoms with van der Waals surface area (Å²) in [4.78, 5) is 14.3. The van der Waals surface area contributed by atoms with Gasteiger partial charge in [-0.3, -0.25) is 4.79 Å². The van der Waals surface area contributed by atoms with E-state index in [4.69, 9.17) is 16.3 Å². The van der Waals surface area contributed by atoms with Crippen LogP contribution in [0.4, 0.5) is 0 Å². The number of carbonyl (C=O) groups excluding carboxylic acids is 1. The van der Waals surface area contributed by atoms with Gasteiger partial charge >= 0.3 is 0 Å². The second-order valence-corrected chi connectivity index (χ2v) is 5.04. The summed E-state index contributed by atoms with van der Waals surface area (Å²) in [5.74, 6) is 0.828. The van der Waals surface area contributed by atoms with E-state index in [9.17, 15) is 4.79 Å². The lowest BCUT2D eigenvalue weighted by Crippen LogP contribution is -2.48. The molecule has 0 radical (unpaired) electrons. The molecule has 2 aliphatic rings. The van der Waals surface area contributed by atoms with E-state index in [0.29, 0.717) is 11.9 Å². The second kappa shape index (κ2) is 5.87. The topological polar surface area (TPSA) is 29.5 Å². The maximum Gasteiger partial charge on any atom is 0.251 e. The molecule has 1 saturated carbocycles. The first-order valence-electron chi connectivity index (χ1n) is 6.31. The average Bonchev–Trinajstić information content (AvgIpc) is 2.73. The summed E-state index contributed by atoms with van der Waals surface area (Å²) in [5.41, 5.74) is 0. The fourth-order valence-electron chi connectivity index (χ4n) is 2.36. The molecule has 1 aliphatic carbocycles. The maximum atomic E-state index is 12.2. The quantitative estimate of drug-likeness (QED) is 0.695. The van der Waals surface area contributed by atoms with Crippen molar-refractivity contribution in [2.75, 3.05) is 19.0 Å². The largest absolute Gasteiger partial charge is 0.368 e. The van der Waals surface area contributed by atoms with Gasteiger partial charge < -0.3 is 9.64 Å². The molecule has 4 heteroatoms. The van der Waals surface area contributed by atoms with Gasteiger partial charge in [0.1, 0.15) is 6.10 Å². The van der Waals surface area contributed by atoms with Crippen molar-refractivity contribution in [1.82, 2.24) is 4.90 Å². The highest BCUT2D eigenvalue weighted by Crippen LogP contribution is 2.27. The summed E-state index contributed by atoms with van der Waals surface area (Å²) in [7, 11) is 0. The minimum atomic E-state index is -0.170. The minimum absolute atomic E-state index is 0.170. The molecule has 2 fully saturated rings. The highest BCUT2D eigenvalue weighted by molar-refractivity contribution is 6.17. The molecule has 0 aromatic rings. The van der Waals surface area contributed by atoms with Gasteiger partial charge in [-0.1, -0.05) is 0 Å². The Labute approximate surface area is 102 Å². The first-order valence-corrected chi connectivity index (χ1v) is 6.84. The van der Waals surface area contributed by atoms with E-state index in [0.717, 1.165) is 45.3 Å². The molecule has 3 nitrogen and oxygen atoms in total. The van der Waals surface area contributed by atoms with Gasteiger partial charge in [-0.25, -0.2) is 0 Å². The van der Waals surface area contributed by atoms with Crippen molar-refractivity contribution in [1.29, 1.82) is 0 Å². The summed E-state index contributed by atoms with van der Waals surface area (Å²) in [6, 6.07) is 0.458. The van der Waals surface area contributed by atoms with Crippen molar-refractivity contribution in [3.8, 4) is 0 Å². The fraction of sp³-hybridized carbons (Fsp3) is 0.917. The van der Waals surface area contributed by atoms with E-state index >= 15 is 0 Å². The standard InChI is InChI=1S/C12H20ClNO2/c13-7-3-8-14(10-4-1-5-10)12(15)11-6-2-9-16-11/h10-11H,1-9H2.